The predicted molar refractivity (Wildman–Crippen MR) is 100 cm³/mol. The van der Waals surface area contributed by atoms with Gasteiger partial charge in [0.05, 0.1) is 14.6 Å². The van der Waals surface area contributed by atoms with Crippen molar-refractivity contribution in [3.8, 4) is 0 Å². The molecule has 0 spiro atoms. The van der Waals surface area contributed by atoms with E-state index in [2.05, 4.69) is 4.40 Å². The molecule has 0 bridgehead atoms. The quantitative estimate of drug-likeness (QED) is 0.506. The molecule has 8 heteroatoms. The Kier molecular flexibility index (Phi) is 3.76. The van der Waals surface area contributed by atoms with Crippen LogP contribution in [-0.2, 0) is 17.1 Å². The molecule has 0 aliphatic rings. The van der Waals surface area contributed by atoms with Gasteiger partial charge in [0, 0.05) is 12.4 Å². The number of rotatable bonds is 2. The third kappa shape index (κ3) is 2.57. The fraction of sp³-hybridized carbons (Fsp3) is 0.0625. The molecule has 0 N–H and O–H groups in total. The molecule has 2 aromatic carbocycles. The molecule has 0 radical (unpaired) electrons. The summed E-state index contributed by atoms with van der Waals surface area (Å²) in [5.41, 5.74) is 0.983. The number of aryl methyl sites for hydroxylation is 1. The average Bonchev–Trinajstić information content (AvgIpc) is 3.12. The summed E-state index contributed by atoms with van der Waals surface area (Å²) >= 11 is 8.20. The zero-order valence-electron chi connectivity index (χ0n) is 12.4. The molecule has 24 heavy (non-hydrogen) atoms. The van der Waals surface area contributed by atoms with Crippen LogP contribution in [0, 0.1) is 0 Å². The van der Waals surface area contributed by atoms with Gasteiger partial charge in [0.25, 0.3) is 10.0 Å². The van der Waals surface area contributed by atoms with Crippen LogP contribution in [0.4, 0.5) is 0 Å². The summed E-state index contributed by atoms with van der Waals surface area (Å²) in [4.78, 5) is 0.436. The number of fused-ring (bicyclic) bond motifs is 3. The van der Waals surface area contributed by atoms with E-state index in [0.29, 0.717) is 9.14 Å². The lowest BCUT2D eigenvalue weighted by Gasteiger charge is -2.01. The van der Waals surface area contributed by atoms with Gasteiger partial charge in [0.15, 0.2) is 0 Å². The van der Waals surface area contributed by atoms with Gasteiger partial charge in [-0.15, -0.1) is 15.7 Å². The standard InChI is InChI=1S/C16H11ClN2O2S3/c1-19-15-11-5-3-2-4-10(11)6-7-12(15)22-16(19)18-24(20,21)14-9-8-13(17)23-14/h2-9H,1H3/b18-16+. The highest BCUT2D eigenvalue weighted by molar-refractivity contribution is 7.92. The van der Waals surface area contributed by atoms with Gasteiger partial charge >= 0.3 is 0 Å². The average molecular weight is 395 g/mol. The fourth-order valence-corrected chi connectivity index (χ4v) is 6.31. The highest BCUT2D eigenvalue weighted by Crippen LogP contribution is 2.28. The van der Waals surface area contributed by atoms with Crippen molar-refractivity contribution in [3.05, 3.63) is 57.7 Å². The minimum atomic E-state index is -3.77. The summed E-state index contributed by atoms with van der Waals surface area (Å²) in [6, 6.07) is 15.1. The first-order chi connectivity index (χ1) is 11.5. The van der Waals surface area contributed by atoms with Crippen molar-refractivity contribution in [3.63, 3.8) is 0 Å². The number of sulfonamides is 1. The van der Waals surface area contributed by atoms with Gasteiger partial charge in [-0.2, -0.15) is 8.42 Å². The Morgan fingerprint density at radius 3 is 2.58 bits per heavy atom. The van der Waals surface area contributed by atoms with E-state index in [-0.39, 0.29) is 4.21 Å². The van der Waals surface area contributed by atoms with E-state index in [4.69, 9.17) is 11.6 Å². The molecule has 0 aliphatic heterocycles. The van der Waals surface area contributed by atoms with E-state index < -0.39 is 10.0 Å². The van der Waals surface area contributed by atoms with Crippen LogP contribution >= 0.6 is 34.3 Å². The number of halogens is 1. The third-order valence-electron chi connectivity index (χ3n) is 3.69. The van der Waals surface area contributed by atoms with Crippen molar-refractivity contribution < 1.29 is 8.42 Å². The minimum absolute atomic E-state index is 0.148. The normalized spacial score (nSPS) is 13.2. The first-order valence-corrected chi connectivity index (χ1v) is 10.4. The zero-order valence-corrected chi connectivity index (χ0v) is 15.6. The molecule has 0 aliphatic carbocycles. The summed E-state index contributed by atoms with van der Waals surface area (Å²) in [7, 11) is -1.93. The highest BCUT2D eigenvalue weighted by Gasteiger charge is 2.17. The maximum absolute atomic E-state index is 12.5. The van der Waals surface area contributed by atoms with Gasteiger partial charge in [0.1, 0.15) is 4.21 Å². The lowest BCUT2D eigenvalue weighted by Crippen LogP contribution is -2.13. The largest absolute Gasteiger partial charge is 0.318 e. The first kappa shape index (κ1) is 15.8. The van der Waals surface area contributed by atoms with E-state index in [1.54, 1.807) is 6.07 Å². The first-order valence-electron chi connectivity index (χ1n) is 6.99. The highest BCUT2D eigenvalue weighted by atomic mass is 35.5. The van der Waals surface area contributed by atoms with Crippen LogP contribution in [-0.4, -0.2) is 13.0 Å². The fourth-order valence-electron chi connectivity index (χ4n) is 2.59. The van der Waals surface area contributed by atoms with Crippen LogP contribution in [0.25, 0.3) is 21.0 Å². The maximum Gasteiger partial charge on any atom is 0.294 e. The molecule has 0 atom stereocenters. The molecule has 0 fully saturated rings. The molecule has 4 nitrogen and oxygen atoms in total. The van der Waals surface area contributed by atoms with Crippen LogP contribution in [0.1, 0.15) is 0 Å². The maximum atomic E-state index is 12.5. The Morgan fingerprint density at radius 2 is 1.83 bits per heavy atom. The summed E-state index contributed by atoms with van der Waals surface area (Å²) in [5, 5.41) is 2.18. The van der Waals surface area contributed by atoms with Crippen LogP contribution in [0.2, 0.25) is 4.34 Å². The Labute approximate surface area is 151 Å². The number of thiophene rings is 1. The number of aromatic nitrogens is 1. The summed E-state index contributed by atoms with van der Waals surface area (Å²) in [6.07, 6.45) is 0. The van der Waals surface area contributed by atoms with E-state index in [1.807, 2.05) is 48.0 Å². The smallest absolute Gasteiger partial charge is 0.294 e. The number of nitrogens with zero attached hydrogens (tertiary/aromatic N) is 2. The monoisotopic (exact) mass is 394 g/mol. The molecule has 0 saturated heterocycles. The van der Waals surface area contributed by atoms with Crippen molar-refractivity contribution in [2.75, 3.05) is 0 Å². The number of benzene rings is 2. The van der Waals surface area contributed by atoms with Gasteiger partial charge in [-0.3, -0.25) is 0 Å². The summed E-state index contributed by atoms with van der Waals surface area (Å²) in [5.74, 6) is 0. The molecule has 0 amide bonds. The van der Waals surface area contributed by atoms with Crippen molar-refractivity contribution in [1.29, 1.82) is 0 Å². The van der Waals surface area contributed by atoms with E-state index in [9.17, 15) is 8.42 Å². The molecule has 4 rings (SSSR count). The molecule has 2 heterocycles. The van der Waals surface area contributed by atoms with Gasteiger partial charge in [0.2, 0.25) is 4.80 Å². The zero-order chi connectivity index (χ0) is 16.9. The van der Waals surface area contributed by atoms with Crippen molar-refractivity contribution in [2.45, 2.75) is 4.21 Å². The molecule has 122 valence electrons. The van der Waals surface area contributed by atoms with Crippen molar-refractivity contribution in [1.82, 2.24) is 4.57 Å². The van der Waals surface area contributed by atoms with E-state index in [0.717, 1.165) is 32.3 Å². The van der Waals surface area contributed by atoms with E-state index in [1.165, 1.54) is 17.4 Å². The van der Waals surface area contributed by atoms with Gasteiger partial charge in [-0.25, -0.2) is 0 Å². The Morgan fingerprint density at radius 1 is 1.04 bits per heavy atom. The predicted octanol–water partition coefficient (Wildman–Crippen LogP) is 4.40. The Hall–Kier alpha value is -1.67. The topological polar surface area (TPSA) is 51.4 Å². The second kappa shape index (κ2) is 5.70. The van der Waals surface area contributed by atoms with Crippen LogP contribution in [0.5, 0.6) is 0 Å². The minimum Gasteiger partial charge on any atom is -0.318 e. The lowest BCUT2D eigenvalue weighted by molar-refractivity contribution is 0.598. The molecule has 0 saturated carbocycles. The van der Waals surface area contributed by atoms with E-state index >= 15 is 0 Å². The Bertz CT molecular complexity index is 1250. The molecule has 2 aromatic heterocycles. The number of hydrogen-bond acceptors (Lipinski definition) is 4. The Balaban J connectivity index is 2.01. The van der Waals surface area contributed by atoms with Crippen LogP contribution in [0.15, 0.2) is 57.1 Å². The molecule has 4 aromatic rings. The van der Waals surface area contributed by atoms with Crippen molar-refractivity contribution >= 4 is 65.3 Å². The molecular weight excluding hydrogens is 384 g/mol. The van der Waals surface area contributed by atoms with Crippen molar-refractivity contribution in [2.24, 2.45) is 11.4 Å². The second-order valence-corrected chi connectivity index (χ2v) is 9.76. The van der Waals surface area contributed by atoms with Gasteiger partial charge < -0.3 is 4.57 Å². The van der Waals surface area contributed by atoms with Crippen LogP contribution < -0.4 is 4.80 Å². The summed E-state index contributed by atoms with van der Waals surface area (Å²) < 4.78 is 32.4. The number of hydrogen-bond donors (Lipinski definition) is 0. The van der Waals surface area contributed by atoms with Gasteiger partial charge in [-0.05, 0) is 23.6 Å². The molecule has 0 unspecified atom stereocenters. The second-order valence-electron chi connectivity index (χ2n) is 5.20. The molecular formula is C16H11ClN2O2S3. The number of thiazole rings is 1. The van der Waals surface area contributed by atoms with Gasteiger partial charge in [-0.1, -0.05) is 53.3 Å². The SMILES string of the molecule is Cn1/c(=N\S(=O)(=O)c2ccc(Cl)s2)sc2ccc3ccccc3c21. The summed E-state index contributed by atoms with van der Waals surface area (Å²) in [6.45, 7) is 0. The third-order valence-corrected chi connectivity index (χ3v) is 7.87. The van der Waals surface area contributed by atoms with Crippen LogP contribution in [0.3, 0.4) is 0 Å². The lowest BCUT2D eigenvalue weighted by atomic mass is 10.1.